The molecule has 2 unspecified atom stereocenters. The van der Waals surface area contributed by atoms with E-state index in [0.29, 0.717) is 17.9 Å². The highest BCUT2D eigenvalue weighted by Gasteiger charge is 2.30. The van der Waals surface area contributed by atoms with Gasteiger partial charge in [0.15, 0.2) is 0 Å². The predicted molar refractivity (Wildman–Crippen MR) is 67.3 cm³/mol. The number of hydrogen-bond acceptors (Lipinski definition) is 2. The van der Waals surface area contributed by atoms with E-state index in [1.54, 1.807) is 7.11 Å². The lowest BCUT2D eigenvalue weighted by Crippen LogP contribution is -2.49. The van der Waals surface area contributed by atoms with E-state index in [-0.39, 0.29) is 0 Å². The molecule has 1 heterocycles. The Kier molecular flexibility index (Phi) is 3.20. The maximum absolute atomic E-state index is 5.46. The van der Waals surface area contributed by atoms with Crippen LogP contribution in [0.4, 0.5) is 0 Å². The molecule has 1 N–H and O–H groups in total. The smallest absolute Gasteiger partial charge is 0.122 e. The molecule has 2 atom stereocenters. The summed E-state index contributed by atoms with van der Waals surface area (Å²) in [4.78, 5) is 0. The molecule has 1 aromatic rings. The molecule has 0 bridgehead atoms. The highest BCUT2D eigenvalue weighted by molar-refractivity contribution is 5.42. The van der Waals surface area contributed by atoms with Crippen molar-refractivity contribution in [3.63, 3.8) is 0 Å². The fourth-order valence-corrected chi connectivity index (χ4v) is 2.25. The second-order valence-corrected chi connectivity index (χ2v) is 4.96. The quantitative estimate of drug-likeness (QED) is 0.844. The van der Waals surface area contributed by atoms with Crippen LogP contribution in [-0.2, 0) is 0 Å². The van der Waals surface area contributed by atoms with Crippen LogP contribution in [0.3, 0.4) is 0 Å². The lowest BCUT2D eigenvalue weighted by Gasteiger charge is -2.37. The summed E-state index contributed by atoms with van der Waals surface area (Å²) >= 11 is 0. The van der Waals surface area contributed by atoms with E-state index in [1.165, 1.54) is 11.1 Å². The lowest BCUT2D eigenvalue weighted by molar-refractivity contribution is 0.319. The molecule has 1 aliphatic heterocycles. The largest absolute Gasteiger partial charge is 0.496 e. The number of rotatable bonds is 3. The van der Waals surface area contributed by atoms with Crippen molar-refractivity contribution in [1.29, 1.82) is 0 Å². The van der Waals surface area contributed by atoms with Gasteiger partial charge < -0.3 is 10.1 Å². The summed E-state index contributed by atoms with van der Waals surface area (Å²) in [6.07, 6.45) is 0. The summed E-state index contributed by atoms with van der Waals surface area (Å²) in [5.74, 6) is 2.21. The third-order valence-electron chi connectivity index (χ3n) is 3.58. The van der Waals surface area contributed by atoms with Crippen molar-refractivity contribution in [2.75, 3.05) is 13.7 Å². The average Bonchev–Trinajstić information content (AvgIpc) is 2.27. The Morgan fingerprint density at radius 3 is 2.56 bits per heavy atom. The van der Waals surface area contributed by atoms with Crippen molar-refractivity contribution in [2.45, 2.75) is 38.6 Å². The molecule has 0 aromatic heterocycles. The maximum atomic E-state index is 5.46. The summed E-state index contributed by atoms with van der Waals surface area (Å²) in [6.45, 7) is 7.76. The van der Waals surface area contributed by atoms with Gasteiger partial charge in [0.25, 0.3) is 0 Å². The van der Waals surface area contributed by atoms with Gasteiger partial charge in [0.05, 0.1) is 7.11 Å². The van der Waals surface area contributed by atoms with Gasteiger partial charge in [-0.2, -0.15) is 0 Å². The monoisotopic (exact) mass is 219 g/mol. The Morgan fingerprint density at radius 1 is 1.38 bits per heavy atom. The molecule has 0 saturated carbocycles. The fraction of sp³-hybridized carbons (Fsp3) is 0.571. The van der Waals surface area contributed by atoms with Crippen LogP contribution in [0.2, 0.25) is 0 Å². The molecular formula is C14H21NO. The number of benzene rings is 1. The van der Waals surface area contributed by atoms with E-state index in [1.807, 2.05) is 0 Å². The van der Waals surface area contributed by atoms with Crippen LogP contribution in [0.25, 0.3) is 0 Å². The van der Waals surface area contributed by atoms with Crippen LogP contribution in [-0.4, -0.2) is 19.7 Å². The maximum Gasteiger partial charge on any atom is 0.122 e. The Morgan fingerprint density at radius 2 is 2.12 bits per heavy atom. The standard InChI is InChI=1S/C14H21NO/c1-9(2)11-5-6-14(16-4)12(7-11)13-8-15-10(13)3/h5-7,9-10,13,15H,8H2,1-4H3. The van der Waals surface area contributed by atoms with Crippen LogP contribution in [0, 0.1) is 0 Å². The first-order valence-corrected chi connectivity index (χ1v) is 6.04. The van der Waals surface area contributed by atoms with Gasteiger partial charge in [-0.05, 0) is 24.5 Å². The minimum atomic E-state index is 0.566. The van der Waals surface area contributed by atoms with Gasteiger partial charge in [-0.15, -0.1) is 0 Å². The SMILES string of the molecule is COc1ccc(C(C)C)cc1C1CNC1C. The van der Waals surface area contributed by atoms with Gasteiger partial charge >= 0.3 is 0 Å². The van der Waals surface area contributed by atoms with E-state index in [4.69, 9.17) is 4.74 Å². The molecule has 0 amide bonds. The Hall–Kier alpha value is -1.02. The fourth-order valence-electron chi connectivity index (χ4n) is 2.25. The molecule has 0 spiro atoms. The third-order valence-corrected chi connectivity index (χ3v) is 3.58. The van der Waals surface area contributed by atoms with Crippen molar-refractivity contribution in [3.05, 3.63) is 29.3 Å². The van der Waals surface area contributed by atoms with Crippen LogP contribution in [0.15, 0.2) is 18.2 Å². The molecule has 2 nitrogen and oxygen atoms in total. The van der Waals surface area contributed by atoms with Crippen LogP contribution >= 0.6 is 0 Å². The van der Waals surface area contributed by atoms with Gasteiger partial charge in [0.1, 0.15) is 5.75 Å². The van der Waals surface area contributed by atoms with E-state index in [2.05, 4.69) is 44.3 Å². The molecule has 0 aliphatic carbocycles. The zero-order valence-corrected chi connectivity index (χ0v) is 10.6. The summed E-state index contributed by atoms with van der Waals surface area (Å²) in [7, 11) is 1.75. The van der Waals surface area contributed by atoms with Crippen molar-refractivity contribution in [1.82, 2.24) is 5.32 Å². The second kappa shape index (κ2) is 4.46. The first-order valence-electron chi connectivity index (χ1n) is 6.04. The van der Waals surface area contributed by atoms with E-state index < -0.39 is 0 Å². The summed E-state index contributed by atoms with van der Waals surface area (Å²) in [6, 6.07) is 7.15. The van der Waals surface area contributed by atoms with Gasteiger partial charge in [0.2, 0.25) is 0 Å². The molecule has 1 aliphatic rings. The van der Waals surface area contributed by atoms with Gasteiger partial charge in [-0.3, -0.25) is 0 Å². The van der Waals surface area contributed by atoms with Crippen LogP contribution < -0.4 is 10.1 Å². The number of methoxy groups -OCH3 is 1. The first-order chi connectivity index (χ1) is 7.63. The lowest BCUT2D eigenvalue weighted by atomic mass is 9.84. The second-order valence-electron chi connectivity index (χ2n) is 4.96. The minimum Gasteiger partial charge on any atom is -0.496 e. The molecule has 88 valence electrons. The molecular weight excluding hydrogens is 198 g/mol. The minimum absolute atomic E-state index is 0.566. The van der Waals surface area contributed by atoms with Gasteiger partial charge in [-0.25, -0.2) is 0 Å². The average molecular weight is 219 g/mol. The number of hydrogen-bond donors (Lipinski definition) is 1. The Balaban J connectivity index is 2.35. The molecule has 16 heavy (non-hydrogen) atoms. The highest BCUT2D eigenvalue weighted by Crippen LogP contribution is 2.35. The van der Waals surface area contributed by atoms with Crippen molar-refractivity contribution < 1.29 is 4.74 Å². The van der Waals surface area contributed by atoms with Crippen LogP contribution in [0.1, 0.15) is 43.7 Å². The van der Waals surface area contributed by atoms with Crippen LogP contribution in [0.5, 0.6) is 5.75 Å². The molecule has 1 aromatic carbocycles. The molecule has 1 saturated heterocycles. The van der Waals surface area contributed by atoms with E-state index >= 15 is 0 Å². The normalized spacial score (nSPS) is 24.3. The zero-order valence-electron chi connectivity index (χ0n) is 10.6. The predicted octanol–water partition coefficient (Wildman–Crippen LogP) is 2.89. The third kappa shape index (κ3) is 1.94. The molecule has 0 radical (unpaired) electrons. The Bertz CT molecular complexity index is 373. The van der Waals surface area contributed by atoms with E-state index in [0.717, 1.165) is 12.3 Å². The van der Waals surface area contributed by atoms with Gasteiger partial charge in [-0.1, -0.05) is 26.0 Å². The summed E-state index contributed by atoms with van der Waals surface area (Å²) in [5.41, 5.74) is 2.76. The molecule has 1 fully saturated rings. The van der Waals surface area contributed by atoms with Crippen molar-refractivity contribution in [3.8, 4) is 5.75 Å². The Labute approximate surface area is 98.0 Å². The number of ether oxygens (including phenoxy) is 1. The van der Waals surface area contributed by atoms with E-state index in [9.17, 15) is 0 Å². The topological polar surface area (TPSA) is 21.3 Å². The molecule has 2 heteroatoms. The summed E-state index contributed by atoms with van der Waals surface area (Å²) < 4.78 is 5.46. The zero-order chi connectivity index (χ0) is 11.7. The van der Waals surface area contributed by atoms with Crippen molar-refractivity contribution >= 4 is 0 Å². The highest BCUT2D eigenvalue weighted by atomic mass is 16.5. The summed E-state index contributed by atoms with van der Waals surface area (Å²) in [5, 5.41) is 3.40. The van der Waals surface area contributed by atoms with Crippen molar-refractivity contribution in [2.24, 2.45) is 0 Å². The first kappa shape index (κ1) is 11.5. The van der Waals surface area contributed by atoms with Gasteiger partial charge in [0, 0.05) is 24.1 Å². The number of nitrogens with one attached hydrogen (secondary N) is 1. The molecule has 2 rings (SSSR count).